The molecule has 1 N–H and O–H groups in total. The van der Waals surface area contributed by atoms with Crippen LogP contribution in [-0.4, -0.2) is 20.8 Å². The first-order valence-electron chi connectivity index (χ1n) is 8.43. The van der Waals surface area contributed by atoms with Crippen molar-refractivity contribution in [2.45, 2.75) is 33.1 Å². The van der Waals surface area contributed by atoms with Gasteiger partial charge in [0, 0.05) is 12.4 Å². The Kier molecular flexibility index (Phi) is 4.91. The highest BCUT2D eigenvalue weighted by Crippen LogP contribution is 2.31. The summed E-state index contributed by atoms with van der Waals surface area (Å²) in [6.07, 6.45) is 3.93. The van der Waals surface area contributed by atoms with Gasteiger partial charge >= 0.3 is 0 Å². The fourth-order valence-corrected chi connectivity index (χ4v) is 2.63. The van der Waals surface area contributed by atoms with Gasteiger partial charge < -0.3 is 9.84 Å². The predicted octanol–water partition coefficient (Wildman–Crippen LogP) is 4.53. The molecule has 0 saturated heterocycles. The molecule has 2 aromatic carbocycles. The first-order valence-corrected chi connectivity index (χ1v) is 8.43. The molecular weight excluding hydrogens is 312 g/mol. The van der Waals surface area contributed by atoms with Crippen molar-refractivity contribution in [1.82, 2.24) is 9.55 Å². The molecule has 2 atom stereocenters. The van der Waals surface area contributed by atoms with E-state index in [1.165, 1.54) is 0 Å². The largest absolute Gasteiger partial charge is 0.467 e. The Morgan fingerprint density at radius 1 is 0.960 bits per heavy atom. The second-order valence-corrected chi connectivity index (χ2v) is 7.22. The van der Waals surface area contributed by atoms with Gasteiger partial charge in [-0.15, -0.1) is 0 Å². The first kappa shape index (κ1) is 17.2. The highest BCUT2D eigenvalue weighted by Gasteiger charge is 2.33. The third-order valence-corrected chi connectivity index (χ3v) is 4.19. The monoisotopic (exact) mass is 336 g/mol. The SMILES string of the molecule is CC(C)(C)C(O)C(Oc1ccc(-c2ccccc2)cc1)n1ccnc1. The molecular formula is C21H24N2O2. The molecule has 0 fully saturated rings. The summed E-state index contributed by atoms with van der Waals surface area (Å²) in [5.74, 6) is 0.710. The molecule has 0 aliphatic rings. The third-order valence-electron chi connectivity index (χ3n) is 4.19. The van der Waals surface area contributed by atoms with Crippen molar-refractivity contribution in [1.29, 1.82) is 0 Å². The molecule has 4 heteroatoms. The molecule has 0 amide bonds. The van der Waals surface area contributed by atoms with Gasteiger partial charge in [-0.2, -0.15) is 0 Å². The summed E-state index contributed by atoms with van der Waals surface area (Å²) in [5.41, 5.74) is 1.97. The van der Waals surface area contributed by atoms with E-state index >= 15 is 0 Å². The van der Waals surface area contributed by atoms with Crippen LogP contribution in [-0.2, 0) is 0 Å². The molecule has 0 aliphatic carbocycles. The van der Waals surface area contributed by atoms with E-state index in [1.54, 1.807) is 23.3 Å². The normalized spacial score (nSPS) is 14.1. The summed E-state index contributed by atoms with van der Waals surface area (Å²) in [6.45, 7) is 5.97. The van der Waals surface area contributed by atoms with E-state index in [-0.39, 0.29) is 5.41 Å². The van der Waals surface area contributed by atoms with E-state index in [0.717, 1.165) is 11.1 Å². The van der Waals surface area contributed by atoms with Crippen molar-refractivity contribution in [3.63, 3.8) is 0 Å². The smallest absolute Gasteiger partial charge is 0.203 e. The summed E-state index contributed by atoms with van der Waals surface area (Å²) in [4.78, 5) is 4.07. The van der Waals surface area contributed by atoms with E-state index in [4.69, 9.17) is 4.74 Å². The molecule has 0 bridgehead atoms. The Hall–Kier alpha value is -2.59. The van der Waals surface area contributed by atoms with Crippen LogP contribution >= 0.6 is 0 Å². The number of aliphatic hydroxyl groups is 1. The third kappa shape index (κ3) is 4.09. The summed E-state index contributed by atoms with van der Waals surface area (Å²) >= 11 is 0. The minimum Gasteiger partial charge on any atom is -0.467 e. The van der Waals surface area contributed by atoms with Crippen LogP contribution in [0, 0.1) is 5.41 Å². The molecule has 0 saturated carbocycles. The van der Waals surface area contributed by atoms with Crippen LogP contribution < -0.4 is 4.74 Å². The number of rotatable bonds is 5. The van der Waals surface area contributed by atoms with Gasteiger partial charge in [0.15, 0.2) is 0 Å². The number of ether oxygens (including phenoxy) is 1. The number of benzene rings is 2. The average molecular weight is 336 g/mol. The lowest BCUT2D eigenvalue weighted by Crippen LogP contribution is -2.38. The van der Waals surface area contributed by atoms with Crippen LogP contribution in [0.5, 0.6) is 5.75 Å². The first-order chi connectivity index (χ1) is 11.9. The topological polar surface area (TPSA) is 47.3 Å². The van der Waals surface area contributed by atoms with Gasteiger partial charge in [-0.25, -0.2) is 4.98 Å². The average Bonchev–Trinajstić information content (AvgIpc) is 3.14. The quantitative estimate of drug-likeness (QED) is 0.744. The second kappa shape index (κ2) is 7.11. The van der Waals surface area contributed by atoms with Crippen molar-refractivity contribution in [3.8, 4) is 16.9 Å². The number of hydrogen-bond donors (Lipinski definition) is 1. The van der Waals surface area contributed by atoms with Crippen molar-refractivity contribution >= 4 is 0 Å². The lowest BCUT2D eigenvalue weighted by molar-refractivity contribution is -0.0674. The zero-order valence-corrected chi connectivity index (χ0v) is 14.8. The fraction of sp³-hybridized carbons (Fsp3) is 0.286. The molecule has 0 spiro atoms. The maximum Gasteiger partial charge on any atom is 0.203 e. The Morgan fingerprint density at radius 3 is 2.16 bits per heavy atom. The number of nitrogens with zero attached hydrogens (tertiary/aromatic N) is 2. The zero-order chi connectivity index (χ0) is 17.9. The molecule has 0 radical (unpaired) electrons. The van der Waals surface area contributed by atoms with E-state index in [2.05, 4.69) is 17.1 Å². The van der Waals surface area contributed by atoms with Gasteiger partial charge in [0.2, 0.25) is 6.23 Å². The molecule has 0 aliphatic heterocycles. The minimum absolute atomic E-state index is 0.321. The molecule has 1 aromatic heterocycles. The number of hydrogen-bond acceptors (Lipinski definition) is 3. The number of imidazole rings is 1. The molecule has 1 heterocycles. The van der Waals surface area contributed by atoms with Gasteiger partial charge in [-0.1, -0.05) is 63.2 Å². The molecule has 3 aromatic rings. The Morgan fingerprint density at radius 2 is 1.60 bits per heavy atom. The van der Waals surface area contributed by atoms with Crippen LogP contribution in [0.2, 0.25) is 0 Å². The van der Waals surface area contributed by atoms with Crippen molar-refractivity contribution in [2.24, 2.45) is 5.41 Å². The van der Waals surface area contributed by atoms with E-state index in [1.807, 2.05) is 63.2 Å². The minimum atomic E-state index is -0.685. The highest BCUT2D eigenvalue weighted by atomic mass is 16.5. The van der Waals surface area contributed by atoms with Gasteiger partial charge in [0.05, 0.1) is 6.33 Å². The predicted molar refractivity (Wildman–Crippen MR) is 99.2 cm³/mol. The maximum absolute atomic E-state index is 10.7. The van der Waals surface area contributed by atoms with Crippen LogP contribution in [0.3, 0.4) is 0 Å². The molecule has 3 rings (SSSR count). The van der Waals surface area contributed by atoms with E-state index in [9.17, 15) is 5.11 Å². The highest BCUT2D eigenvalue weighted by molar-refractivity contribution is 5.63. The van der Waals surface area contributed by atoms with Crippen LogP contribution in [0.15, 0.2) is 73.3 Å². The van der Waals surface area contributed by atoms with Crippen molar-refractivity contribution in [3.05, 3.63) is 73.3 Å². The molecule has 2 unspecified atom stereocenters. The van der Waals surface area contributed by atoms with Gasteiger partial charge in [-0.05, 0) is 28.7 Å². The van der Waals surface area contributed by atoms with Crippen LogP contribution in [0.1, 0.15) is 27.0 Å². The number of aliphatic hydroxyl groups excluding tert-OH is 1. The maximum atomic E-state index is 10.7. The van der Waals surface area contributed by atoms with Crippen molar-refractivity contribution < 1.29 is 9.84 Å². The Labute approximate surface area is 148 Å². The van der Waals surface area contributed by atoms with Gasteiger partial charge in [0.25, 0.3) is 0 Å². The Balaban J connectivity index is 1.83. The molecule has 25 heavy (non-hydrogen) atoms. The van der Waals surface area contributed by atoms with Crippen LogP contribution in [0.25, 0.3) is 11.1 Å². The number of aromatic nitrogens is 2. The summed E-state index contributed by atoms with van der Waals surface area (Å²) in [6, 6.07) is 18.1. The molecule has 130 valence electrons. The van der Waals surface area contributed by atoms with Gasteiger partial charge in [0.1, 0.15) is 11.9 Å². The lowest BCUT2D eigenvalue weighted by Gasteiger charge is -2.33. The standard InChI is InChI=1S/C21H24N2O2/c1-21(2,3)19(24)20(23-14-13-22-15-23)25-18-11-9-17(10-12-18)16-7-5-4-6-8-16/h4-15,19-20,24H,1-3H3. The van der Waals surface area contributed by atoms with Crippen molar-refractivity contribution in [2.75, 3.05) is 0 Å². The van der Waals surface area contributed by atoms with Gasteiger partial charge in [-0.3, -0.25) is 4.57 Å². The van der Waals surface area contributed by atoms with Crippen LogP contribution in [0.4, 0.5) is 0 Å². The summed E-state index contributed by atoms with van der Waals surface area (Å²) < 4.78 is 7.90. The lowest BCUT2D eigenvalue weighted by atomic mass is 9.88. The molecule has 4 nitrogen and oxygen atoms in total. The summed E-state index contributed by atoms with van der Waals surface area (Å²) in [7, 11) is 0. The Bertz CT molecular complexity index is 775. The van der Waals surface area contributed by atoms with E-state index in [0.29, 0.717) is 5.75 Å². The second-order valence-electron chi connectivity index (χ2n) is 7.22. The van der Waals surface area contributed by atoms with E-state index < -0.39 is 12.3 Å². The summed E-state index contributed by atoms with van der Waals surface area (Å²) in [5, 5.41) is 10.7. The fourth-order valence-electron chi connectivity index (χ4n) is 2.63. The zero-order valence-electron chi connectivity index (χ0n) is 14.8.